The molecule has 0 saturated carbocycles. The Kier molecular flexibility index (Phi) is 7.69. The summed E-state index contributed by atoms with van der Waals surface area (Å²) in [6.45, 7) is 2.61. The third-order valence-corrected chi connectivity index (χ3v) is 6.43. The number of anilines is 1. The fourth-order valence-corrected chi connectivity index (χ4v) is 4.96. The van der Waals surface area contributed by atoms with Crippen LogP contribution in [-0.2, 0) is 17.6 Å². The quantitative estimate of drug-likeness (QED) is 0.700. The van der Waals surface area contributed by atoms with Crippen molar-refractivity contribution in [2.24, 2.45) is 0 Å². The predicted molar refractivity (Wildman–Crippen MR) is 118 cm³/mol. The second kappa shape index (κ2) is 10.4. The fraction of sp³-hybridized carbons (Fsp3) is 0.478. The van der Waals surface area contributed by atoms with Gasteiger partial charge in [0, 0.05) is 11.4 Å². The van der Waals surface area contributed by atoms with Crippen molar-refractivity contribution in [3.63, 3.8) is 0 Å². The Balaban J connectivity index is 1.71. The summed E-state index contributed by atoms with van der Waals surface area (Å²) in [5.41, 5.74) is 1.94. The van der Waals surface area contributed by atoms with E-state index < -0.39 is 0 Å². The average Bonchev–Trinajstić information content (AvgIpc) is 3.09. The summed E-state index contributed by atoms with van der Waals surface area (Å²) in [6.07, 6.45) is 7.85. The van der Waals surface area contributed by atoms with Crippen molar-refractivity contribution in [1.82, 2.24) is 4.90 Å². The molecular weight excluding hydrogens is 384 g/mol. The van der Waals surface area contributed by atoms with Crippen molar-refractivity contribution in [3.8, 4) is 5.75 Å². The van der Waals surface area contributed by atoms with Gasteiger partial charge >= 0.3 is 0 Å². The monoisotopic (exact) mass is 414 g/mol. The van der Waals surface area contributed by atoms with Gasteiger partial charge in [0.25, 0.3) is 5.91 Å². The smallest absolute Gasteiger partial charge is 0.264 e. The van der Waals surface area contributed by atoms with Gasteiger partial charge < -0.3 is 15.0 Å². The lowest BCUT2D eigenvalue weighted by Gasteiger charge is -2.21. The Morgan fingerprint density at radius 3 is 2.66 bits per heavy atom. The van der Waals surface area contributed by atoms with E-state index in [0.29, 0.717) is 18.0 Å². The van der Waals surface area contributed by atoms with Crippen LogP contribution in [0.2, 0.25) is 0 Å². The molecular formula is C23H30N2O3S. The van der Waals surface area contributed by atoms with E-state index in [1.54, 1.807) is 35.5 Å². The van der Waals surface area contributed by atoms with Gasteiger partial charge in [0.05, 0.1) is 17.7 Å². The molecule has 0 radical (unpaired) electrons. The molecule has 6 heteroatoms. The maximum absolute atomic E-state index is 13.2. The van der Waals surface area contributed by atoms with E-state index in [2.05, 4.69) is 11.4 Å². The molecule has 0 fully saturated rings. The highest BCUT2D eigenvalue weighted by molar-refractivity contribution is 7.14. The summed E-state index contributed by atoms with van der Waals surface area (Å²) < 4.78 is 5.29. The van der Waals surface area contributed by atoms with Gasteiger partial charge in [-0.1, -0.05) is 31.9 Å². The molecule has 156 valence electrons. The van der Waals surface area contributed by atoms with Crippen LogP contribution < -0.4 is 10.1 Å². The number of methoxy groups -OCH3 is 1. The van der Waals surface area contributed by atoms with Crippen molar-refractivity contribution in [1.29, 1.82) is 0 Å². The lowest BCUT2D eigenvalue weighted by Crippen LogP contribution is -2.38. The Morgan fingerprint density at radius 2 is 1.90 bits per heavy atom. The Labute approximate surface area is 177 Å². The van der Waals surface area contributed by atoms with E-state index >= 15 is 0 Å². The van der Waals surface area contributed by atoms with Crippen LogP contribution in [-0.4, -0.2) is 36.9 Å². The van der Waals surface area contributed by atoms with Crippen molar-refractivity contribution in [3.05, 3.63) is 45.6 Å². The summed E-state index contributed by atoms with van der Waals surface area (Å²) >= 11 is 1.61. The number of aryl methyl sites for hydroxylation is 2. The highest BCUT2D eigenvalue weighted by atomic mass is 32.1. The number of ether oxygens (including phenoxy) is 1. The third-order valence-electron chi connectivity index (χ3n) is 5.20. The van der Waals surface area contributed by atoms with Crippen LogP contribution in [0.1, 0.15) is 59.1 Å². The van der Waals surface area contributed by atoms with E-state index in [4.69, 9.17) is 4.74 Å². The van der Waals surface area contributed by atoms with E-state index in [9.17, 15) is 9.59 Å². The summed E-state index contributed by atoms with van der Waals surface area (Å²) in [5, 5.41) is 2.87. The first-order valence-corrected chi connectivity index (χ1v) is 11.3. The molecule has 2 aromatic rings. The van der Waals surface area contributed by atoms with Gasteiger partial charge in [-0.15, -0.1) is 11.3 Å². The molecule has 0 saturated heterocycles. The van der Waals surface area contributed by atoms with E-state index in [0.717, 1.165) is 24.1 Å². The van der Waals surface area contributed by atoms with Crippen molar-refractivity contribution in [2.45, 2.75) is 51.9 Å². The minimum Gasteiger partial charge on any atom is -0.495 e. The topological polar surface area (TPSA) is 58.6 Å². The van der Waals surface area contributed by atoms with Crippen molar-refractivity contribution >= 4 is 28.8 Å². The van der Waals surface area contributed by atoms with Crippen LogP contribution in [0.4, 0.5) is 5.69 Å². The summed E-state index contributed by atoms with van der Waals surface area (Å²) in [4.78, 5) is 29.6. The number of fused-ring (bicyclic) bond motifs is 1. The number of para-hydroxylation sites is 2. The lowest BCUT2D eigenvalue weighted by atomic mass is 10.00. The van der Waals surface area contributed by atoms with Crippen LogP contribution in [0.3, 0.4) is 0 Å². The maximum atomic E-state index is 13.2. The first kappa shape index (κ1) is 21.4. The fourth-order valence-electron chi connectivity index (χ4n) is 3.74. The minimum absolute atomic E-state index is 0.0350. The number of carbonyl (C=O) groups excluding carboxylic acids is 2. The van der Waals surface area contributed by atoms with Gasteiger partial charge in [-0.05, 0) is 55.9 Å². The van der Waals surface area contributed by atoms with Crippen LogP contribution in [0, 0.1) is 0 Å². The van der Waals surface area contributed by atoms with Gasteiger partial charge in [-0.3, -0.25) is 9.59 Å². The molecule has 0 atom stereocenters. The second-order valence-electron chi connectivity index (χ2n) is 7.45. The molecule has 1 aromatic carbocycles. The number of hydrogen-bond donors (Lipinski definition) is 1. The number of thiophene rings is 1. The molecule has 29 heavy (non-hydrogen) atoms. The summed E-state index contributed by atoms with van der Waals surface area (Å²) in [6, 6.07) is 9.35. The number of rotatable bonds is 7. The van der Waals surface area contributed by atoms with Gasteiger partial charge in [-0.2, -0.15) is 0 Å². The summed E-state index contributed by atoms with van der Waals surface area (Å²) in [7, 11) is 1.57. The van der Waals surface area contributed by atoms with E-state index in [1.165, 1.54) is 36.1 Å². The van der Waals surface area contributed by atoms with Crippen LogP contribution in [0.25, 0.3) is 0 Å². The van der Waals surface area contributed by atoms with Gasteiger partial charge in [0.1, 0.15) is 12.3 Å². The number of amides is 2. The molecule has 0 aliphatic heterocycles. The SMILES string of the molecule is CCCN(CC(=O)Nc1ccccc1OC)C(=O)c1cc2c(s1)CCCCCC2. The number of hydrogen-bond acceptors (Lipinski definition) is 4. The Hall–Kier alpha value is -2.34. The van der Waals surface area contributed by atoms with E-state index in [1.807, 2.05) is 19.1 Å². The Bertz CT molecular complexity index is 821. The van der Waals surface area contributed by atoms with Crippen LogP contribution in [0.15, 0.2) is 30.3 Å². The number of benzene rings is 1. The first-order valence-electron chi connectivity index (χ1n) is 10.5. The van der Waals surface area contributed by atoms with Gasteiger partial charge in [0.2, 0.25) is 5.91 Å². The minimum atomic E-state index is -0.216. The molecule has 2 amide bonds. The largest absolute Gasteiger partial charge is 0.495 e. The maximum Gasteiger partial charge on any atom is 0.264 e. The molecule has 3 rings (SSSR count). The predicted octanol–water partition coefficient (Wildman–Crippen LogP) is 4.91. The zero-order valence-corrected chi connectivity index (χ0v) is 18.1. The second-order valence-corrected chi connectivity index (χ2v) is 8.59. The average molecular weight is 415 g/mol. The normalized spacial score (nSPS) is 13.7. The number of carbonyl (C=O) groups is 2. The zero-order chi connectivity index (χ0) is 20.6. The molecule has 1 aliphatic carbocycles. The molecule has 0 spiro atoms. The van der Waals surface area contributed by atoms with Crippen LogP contribution >= 0.6 is 11.3 Å². The zero-order valence-electron chi connectivity index (χ0n) is 17.3. The molecule has 0 bridgehead atoms. The standard InChI is InChI=1S/C23H30N2O3S/c1-3-14-25(16-22(26)24-18-11-8-9-12-19(18)28-2)23(27)21-15-17-10-6-4-5-7-13-20(17)29-21/h8-9,11-12,15H,3-7,10,13-14,16H2,1-2H3,(H,24,26). The van der Waals surface area contributed by atoms with Crippen molar-refractivity contribution in [2.75, 3.05) is 25.5 Å². The highest BCUT2D eigenvalue weighted by Gasteiger charge is 2.22. The number of nitrogens with zero attached hydrogens (tertiary/aromatic N) is 1. The molecule has 1 aliphatic rings. The van der Waals surface area contributed by atoms with Crippen LogP contribution in [0.5, 0.6) is 5.75 Å². The molecule has 5 nitrogen and oxygen atoms in total. The number of nitrogens with one attached hydrogen (secondary N) is 1. The molecule has 1 aromatic heterocycles. The van der Waals surface area contributed by atoms with Crippen molar-refractivity contribution < 1.29 is 14.3 Å². The van der Waals surface area contributed by atoms with Gasteiger partial charge in [0.15, 0.2) is 0 Å². The highest BCUT2D eigenvalue weighted by Crippen LogP contribution is 2.29. The first-order chi connectivity index (χ1) is 14.1. The molecule has 1 heterocycles. The van der Waals surface area contributed by atoms with E-state index in [-0.39, 0.29) is 18.4 Å². The third kappa shape index (κ3) is 5.60. The Morgan fingerprint density at radius 1 is 1.14 bits per heavy atom. The van der Waals surface area contributed by atoms with Gasteiger partial charge in [-0.25, -0.2) is 0 Å². The summed E-state index contributed by atoms with van der Waals surface area (Å²) in [5.74, 6) is 0.345. The lowest BCUT2D eigenvalue weighted by molar-refractivity contribution is -0.116. The molecule has 1 N–H and O–H groups in total. The molecule has 0 unspecified atom stereocenters.